The van der Waals surface area contributed by atoms with E-state index < -0.39 is 7.12 Å². The quantitative estimate of drug-likeness (QED) is 0.329. The molecule has 0 aromatic heterocycles. The smallest absolute Gasteiger partial charge is 0.467 e. The van der Waals surface area contributed by atoms with E-state index in [4.69, 9.17) is 9.18 Å². The highest BCUT2D eigenvalue weighted by Gasteiger charge is 2.35. The van der Waals surface area contributed by atoms with Gasteiger partial charge in [-0.05, 0) is 84.9 Å². The van der Waals surface area contributed by atoms with Crippen LogP contribution in [0.25, 0.3) is 0 Å². The summed E-state index contributed by atoms with van der Waals surface area (Å²) in [6, 6.07) is 3.89. The van der Waals surface area contributed by atoms with Crippen LogP contribution in [0.15, 0.2) is 12.1 Å². The molecular weight excluding hydrogens is 429 g/mol. The van der Waals surface area contributed by atoms with Crippen LogP contribution in [-0.4, -0.2) is 24.2 Å². The summed E-state index contributed by atoms with van der Waals surface area (Å²) in [5, 5.41) is 9.82. The van der Waals surface area contributed by atoms with Crippen molar-refractivity contribution < 1.29 is 23.7 Å². The number of hydrogen-bond acceptors (Lipinski definition) is 5. The maximum absolute atomic E-state index is 9.82. The lowest BCUT2D eigenvalue weighted by molar-refractivity contribution is -0.138. The molecule has 128 valence electrons. The van der Waals surface area contributed by atoms with Crippen LogP contribution in [0.3, 0.4) is 0 Å². The maximum Gasteiger partial charge on any atom is 0.492 e. The molecular formula is C15H23BIO5P. The molecule has 0 spiro atoms. The predicted octanol–water partition coefficient (Wildman–Crippen LogP) is 3.44. The Labute approximate surface area is 153 Å². The molecule has 1 aromatic carbocycles. The third-order valence-electron chi connectivity index (χ3n) is 3.20. The highest BCUT2D eigenvalue weighted by Crippen LogP contribution is 2.34. The Hall–Kier alpha value is -0.365. The topological polar surface area (TPSA) is 65.0 Å². The average molecular weight is 452 g/mol. The van der Waals surface area contributed by atoms with Crippen LogP contribution in [0.4, 0.5) is 0 Å². The predicted molar refractivity (Wildman–Crippen MR) is 103 cm³/mol. The van der Waals surface area contributed by atoms with Crippen molar-refractivity contribution in [3.05, 3.63) is 23.3 Å². The summed E-state index contributed by atoms with van der Waals surface area (Å²) in [6.07, 6.45) is 0.889. The molecule has 0 fully saturated rings. The van der Waals surface area contributed by atoms with Crippen LogP contribution in [-0.2, 0) is 14.2 Å². The van der Waals surface area contributed by atoms with Gasteiger partial charge in [-0.1, -0.05) is 6.92 Å². The van der Waals surface area contributed by atoms with Crippen molar-refractivity contribution in [2.24, 2.45) is 0 Å². The molecule has 1 aromatic rings. The molecule has 2 unspecified atom stereocenters. The second kappa shape index (κ2) is 9.21. The largest absolute Gasteiger partial charge is 0.492 e. The zero-order valence-corrected chi connectivity index (χ0v) is 17.2. The second-order valence-corrected chi connectivity index (χ2v) is 7.81. The van der Waals surface area contributed by atoms with Gasteiger partial charge in [0.25, 0.3) is 6.47 Å². The van der Waals surface area contributed by atoms with Crippen molar-refractivity contribution in [2.45, 2.75) is 52.7 Å². The van der Waals surface area contributed by atoms with E-state index in [9.17, 15) is 9.82 Å². The van der Waals surface area contributed by atoms with E-state index >= 15 is 0 Å². The number of benzene rings is 1. The zero-order chi connectivity index (χ0) is 17.6. The normalized spacial score (nSPS) is 16.8. The molecule has 0 saturated carbocycles. The highest BCUT2D eigenvalue weighted by atomic mass is 127. The molecule has 0 radical (unpaired) electrons. The van der Waals surface area contributed by atoms with Crippen LogP contribution in [0.5, 0.6) is 5.75 Å². The van der Waals surface area contributed by atoms with Crippen molar-refractivity contribution in [2.75, 3.05) is 0 Å². The van der Waals surface area contributed by atoms with Gasteiger partial charge in [-0.15, -0.1) is 0 Å². The summed E-state index contributed by atoms with van der Waals surface area (Å²) in [6.45, 7) is 10.4. The third-order valence-corrected chi connectivity index (χ3v) is 4.18. The fourth-order valence-electron chi connectivity index (χ4n) is 2.28. The minimum Gasteiger partial charge on any atom is -0.467 e. The lowest BCUT2D eigenvalue weighted by atomic mass is 9.78. The fraction of sp³-hybridized carbons (Fsp3) is 0.533. The minimum atomic E-state index is -0.806. The molecule has 8 heteroatoms. The Balaban J connectivity index is 0.000000322. The van der Waals surface area contributed by atoms with E-state index in [1.165, 1.54) is 0 Å². The standard InChI is InChI=1S/C10H13BIO3P.C5H10O2/c1-3-9-10-6(2)4-7(15-16-12)5-8(10)11(13)14-9;1-5(2,3)7-4-6/h4-5,9,13,16H,3H2,1-2H3;4H,1-3H3. The maximum atomic E-state index is 9.82. The first-order valence-electron chi connectivity index (χ1n) is 7.35. The summed E-state index contributed by atoms with van der Waals surface area (Å²) in [4.78, 5) is 9.60. The first-order valence-corrected chi connectivity index (χ1v) is 11.4. The molecule has 1 aliphatic rings. The number of rotatable bonds is 4. The summed E-state index contributed by atoms with van der Waals surface area (Å²) < 4.78 is 15.5. The Morgan fingerprint density at radius 1 is 1.48 bits per heavy atom. The van der Waals surface area contributed by atoms with Gasteiger partial charge in [0.15, 0.2) is 0 Å². The number of hydrogen-bond donors (Lipinski definition) is 1. The zero-order valence-electron chi connectivity index (χ0n) is 14.1. The van der Waals surface area contributed by atoms with Crippen molar-refractivity contribution in [3.63, 3.8) is 0 Å². The summed E-state index contributed by atoms with van der Waals surface area (Å²) >= 11 is 2.18. The Kier molecular flexibility index (Phi) is 8.28. The van der Waals surface area contributed by atoms with Crippen LogP contribution >= 0.6 is 28.5 Å². The molecule has 1 N–H and O–H groups in total. The van der Waals surface area contributed by atoms with Gasteiger partial charge in [-0.3, -0.25) is 4.79 Å². The number of carbonyl (C=O) groups excluding carboxylic acids is 1. The van der Waals surface area contributed by atoms with Gasteiger partial charge in [0.2, 0.25) is 0 Å². The van der Waals surface area contributed by atoms with Crippen molar-refractivity contribution in [1.82, 2.24) is 0 Å². The van der Waals surface area contributed by atoms with Gasteiger partial charge in [0.1, 0.15) is 17.8 Å². The van der Waals surface area contributed by atoms with Crippen LogP contribution < -0.4 is 9.99 Å². The van der Waals surface area contributed by atoms with Gasteiger partial charge >= 0.3 is 7.12 Å². The molecule has 2 rings (SSSR count). The molecule has 2 atom stereocenters. The van der Waals surface area contributed by atoms with Crippen LogP contribution in [0.2, 0.25) is 0 Å². The third kappa shape index (κ3) is 6.21. The van der Waals surface area contributed by atoms with Gasteiger partial charge in [0, 0.05) is 0 Å². The number of carbonyl (C=O) groups is 1. The summed E-state index contributed by atoms with van der Waals surface area (Å²) in [5.41, 5.74) is 2.79. The molecule has 0 saturated heterocycles. The van der Waals surface area contributed by atoms with E-state index in [2.05, 4.69) is 33.7 Å². The Morgan fingerprint density at radius 3 is 2.57 bits per heavy atom. The van der Waals surface area contributed by atoms with Gasteiger partial charge < -0.3 is 18.9 Å². The first-order chi connectivity index (χ1) is 10.7. The lowest BCUT2D eigenvalue weighted by Crippen LogP contribution is -2.28. The number of ether oxygens (including phenoxy) is 1. The SMILES string of the molecule is CC(C)(C)OC=O.CCC1OB(O)c2cc(OPI)cc(C)c21. The highest BCUT2D eigenvalue weighted by molar-refractivity contribution is 14.2. The number of aryl methyl sites for hydroxylation is 1. The summed E-state index contributed by atoms with van der Waals surface area (Å²) in [5.74, 6) is 0.809. The van der Waals surface area contributed by atoms with E-state index in [-0.39, 0.29) is 11.7 Å². The van der Waals surface area contributed by atoms with Crippen molar-refractivity contribution >= 4 is 47.5 Å². The molecule has 0 bridgehead atoms. The van der Waals surface area contributed by atoms with E-state index in [0.717, 1.165) is 28.8 Å². The summed E-state index contributed by atoms with van der Waals surface area (Å²) in [7, 11) is -0.806. The minimum absolute atomic E-state index is 0.0149. The fourth-order valence-corrected chi connectivity index (χ4v) is 3.25. The Morgan fingerprint density at radius 2 is 2.13 bits per heavy atom. The Bertz CT molecular complexity index is 535. The lowest BCUT2D eigenvalue weighted by Gasteiger charge is -2.14. The van der Waals surface area contributed by atoms with Gasteiger partial charge in [-0.25, -0.2) is 0 Å². The monoisotopic (exact) mass is 452 g/mol. The first kappa shape index (κ1) is 20.7. The van der Waals surface area contributed by atoms with Crippen molar-refractivity contribution in [3.8, 4) is 5.75 Å². The van der Waals surface area contributed by atoms with E-state index in [0.29, 0.717) is 12.9 Å². The molecule has 5 nitrogen and oxygen atoms in total. The number of halogens is 1. The molecule has 0 aliphatic carbocycles. The van der Waals surface area contributed by atoms with Crippen LogP contribution in [0.1, 0.15) is 51.3 Å². The number of fused-ring (bicyclic) bond motifs is 1. The molecule has 0 amide bonds. The van der Waals surface area contributed by atoms with Crippen LogP contribution in [0, 0.1) is 6.92 Å². The molecule has 1 heterocycles. The van der Waals surface area contributed by atoms with Gasteiger partial charge in [-0.2, -0.15) is 0 Å². The van der Waals surface area contributed by atoms with Crippen molar-refractivity contribution in [1.29, 1.82) is 0 Å². The average Bonchev–Trinajstić information content (AvgIpc) is 2.76. The van der Waals surface area contributed by atoms with E-state index in [1.807, 2.05) is 39.8 Å². The molecule has 1 aliphatic heterocycles. The molecule has 23 heavy (non-hydrogen) atoms. The van der Waals surface area contributed by atoms with E-state index in [1.54, 1.807) is 0 Å². The van der Waals surface area contributed by atoms with Gasteiger partial charge in [0.05, 0.1) is 6.10 Å². The second-order valence-electron chi connectivity index (χ2n) is 6.13.